The molecule has 0 saturated heterocycles. The molecule has 106 valence electrons. The highest BCUT2D eigenvalue weighted by Crippen LogP contribution is 2.36. The fraction of sp³-hybridized carbons (Fsp3) is 0.125. The SMILES string of the molecule is COc1ccc(-c2c(-c3cncc(C)c3)noc2N)cc1. The summed E-state index contributed by atoms with van der Waals surface area (Å²) in [6.07, 6.45) is 3.54. The monoisotopic (exact) mass is 281 g/mol. The molecule has 3 aromatic rings. The number of nitrogens with zero attached hydrogens (tertiary/aromatic N) is 2. The highest BCUT2D eigenvalue weighted by atomic mass is 16.5. The zero-order valence-corrected chi connectivity index (χ0v) is 11.8. The quantitative estimate of drug-likeness (QED) is 0.797. The van der Waals surface area contributed by atoms with E-state index in [-0.39, 0.29) is 5.88 Å². The zero-order valence-electron chi connectivity index (χ0n) is 11.8. The van der Waals surface area contributed by atoms with Gasteiger partial charge in [-0.3, -0.25) is 4.98 Å². The molecule has 0 unspecified atom stereocenters. The van der Waals surface area contributed by atoms with E-state index in [0.29, 0.717) is 5.69 Å². The number of pyridine rings is 1. The molecule has 3 rings (SSSR count). The van der Waals surface area contributed by atoms with E-state index in [1.165, 1.54) is 0 Å². The molecule has 2 N–H and O–H groups in total. The van der Waals surface area contributed by atoms with E-state index in [1.807, 2.05) is 37.3 Å². The molecule has 0 bridgehead atoms. The van der Waals surface area contributed by atoms with Crippen LogP contribution in [0.2, 0.25) is 0 Å². The van der Waals surface area contributed by atoms with Crippen LogP contribution in [0.5, 0.6) is 5.75 Å². The van der Waals surface area contributed by atoms with E-state index >= 15 is 0 Å². The molecule has 0 aliphatic heterocycles. The van der Waals surface area contributed by atoms with Crippen LogP contribution in [0.3, 0.4) is 0 Å². The molecule has 0 spiro atoms. The Bertz CT molecular complexity index is 763. The second-order valence-electron chi connectivity index (χ2n) is 4.75. The first-order valence-electron chi connectivity index (χ1n) is 6.50. The Labute approximate surface area is 122 Å². The molecule has 1 aromatic carbocycles. The van der Waals surface area contributed by atoms with Crippen molar-refractivity contribution in [3.63, 3.8) is 0 Å². The minimum Gasteiger partial charge on any atom is -0.497 e. The molecule has 5 heteroatoms. The van der Waals surface area contributed by atoms with Crippen LogP contribution in [0.25, 0.3) is 22.4 Å². The van der Waals surface area contributed by atoms with Crippen molar-refractivity contribution in [2.45, 2.75) is 6.92 Å². The summed E-state index contributed by atoms with van der Waals surface area (Å²) in [7, 11) is 1.63. The van der Waals surface area contributed by atoms with Gasteiger partial charge in [0.15, 0.2) is 0 Å². The molecule has 0 fully saturated rings. The average molecular weight is 281 g/mol. The number of aryl methyl sites for hydroxylation is 1. The van der Waals surface area contributed by atoms with Gasteiger partial charge in [0.1, 0.15) is 11.4 Å². The van der Waals surface area contributed by atoms with Crippen LogP contribution in [-0.2, 0) is 0 Å². The van der Waals surface area contributed by atoms with Crippen molar-refractivity contribution in [3.8, 4) is 28.1 Å². The van der Waals surface area contributed by atoms with Gasteiger partial charge in [0.05, 0.1) is 12.7 Å². The lowest BCUT2D eigenvalue weighted by Crippen LogP contribution is -1.89. The van der Waals surface area contributed by atoms with Gasteiger partial charge in [0.2, 0.25) is 5.88 Å². The summed E-state index contributed by atoms with van der Waals surface area (Å²) in [5.74, 6) is 1.07. The maximum atomic E-state index is 5.94. The smallest absolute Gasteiger partial charge is 0.230 e. The van der Waals surface area contributed by atoms with Crippen LogP contribution in [0, 0.1) is 6.92 Å². The number of benzene rings is 1. The number of hydrogen-bond acceptors (Lipinski definition) is 5. The maximum absolute atomic E-state index is 5.94. The van der Waals surface area contributed by atoms with Crippen molar-refractivity contribution in [3.05, 3.63) is 48.3 Å². The predicted octanol–water partition coefficient (Wildman–Crippen LogP) is 3.30. The second-order valence-corrected chi connectivity index (χ2v) is 4.75. The first kappa shape index (κ1) is 13.2. The van der Waals surface area contributed by atoms with Gasteiger partial charge in [-0.25, -0.2) is 0 Å². The molecular weight excluding hydrogens is 266 g/mol. The third-order valence-electron chi connectivity index (χ3n) is 3.25. The molecule has 0 saturated carbocycles. The molecule has 0 amide bonds. The van der Waals surface area contributed by atoms with Gasteiger partial charge in [-0.05, 0) is 36.2 Å². The minimum absolute atomic E-state index is 0.289. The van der Waals surface area contributed by atoms with Crippen LogP contribution >= 0.6 is 0 Å². The van der Waals surface area contributed by atoms with Crippen LogP contribution in [0.4, 0.5) is 5.88 Å². The number of nitrogen functional groups attached to an aromatic ring is 1. The minimum atomic E-state index is 0.289. The fourth-order valence-electron chi connectivity index (χ4n) is 2.22. The number of methoxy groups -OCH3 is 1. The number of aromatic nitrogens is 2. The normalized spacial score (nSPS) is 10.6. The molecule has 21 heavy (non-hydrogen) atoms. The van der Waals surface area contributed by atoms with E-state index in [2.05, 4.69) is 10.1 Å². The number of rotatable bonds is 3. The van der Waals surface area contributed by atoms with E-state index in [0.717, 1.165) is 28.0 Å². The van der Waals surface area contributed by atoms with Crippen molar-refractivity contribution >= 4 is 5.88 Å². The van der Waals surface area contributed by atoms with E-state index < -0.39 is 0 Å². The van der Waals surface area contributed by atoms with Gasteiger partial charge in [-0.2, -0.15) is 0 Å². The molecular formula is C16H15N3O2. The Balaban J connectivity index is 2.12. The van der Waals surface area contributed by atoms with Crippen molar-refractivity contribution in [2.75, 3.05) is 12.8 Å². The van der Waals surface area contributed by atoms with Crippen LogP contribution < -0.4 is 10.5 Å². The van der Waals surface area contributed by atoms with E-state index in [1.54, 1.807) is 19.5 Å². The van der Waals surface area contributed by atoms with Gasteiger partial charge in [-0.15, -0.1) is 0 Å². The van der Waals surface area contributed by atoms with E-state index in [9.17, 15) is 0 Å². The second kappa shape index (κ2) is 5.28. The first-order chi connectivity index (χ1) is 10.2. The molecule has 0 radical (unpaired) electrons. The molecule has 2 heterocycles. The maximum Gasteiger partial charge on any atom is 0.230 e. The summed E-state index contributed by atoms with van der Waals surface area (Å²) in [6.45, 7) is 1.98. The van der Waals surface area contributed by atoms with Crippen molar-refractivity contribution in [1.82, 2.24) is 10.1 Å². The van der Waals surface area contributed by atoms with Crippen molar-refractivity contribution < 1.29 is 9.26 Å². The fourth-order valence-corrected chi connectivity index (χ4v) is 2.22. The lowest BCUT2D eigenvalue weighted by molar-refractivity contribution is 0.415. The third-order valence-corrected chi connectivity index (χ3v) is 3.25. The molecule has 2 aromatic heterocycles. The summed E-state index contributed by atoms with van der Waals surface area (Å²) < 4.78 is 10.3. The van der Waals surface area contributed by atoms with E-state index in [4.69, 9.17) is 15.0 Å². The summed E-state index contributed by atoms with van der Waals surface area (Å²) in [4.78, 5) is 4.19. The molecule has 5 nitrogen and oxygen atoms in total. The lowest BCUT2D eigenvalue weighted by atomic mass is 10.0. The Hall–Kier alpha value is -2.82. The van der Waals surface area contributed by atoms with Crippen molar-refractivity contribution in [2.24, 2.45) is 0 Å². The standard InChI is InChI=1S/C16H15N3O2/c1-10-7-12(9-18-8-10)15-14(16(17)21-19-15)11-3-5-13(20-2)6-4-11/h3-9H,17H2,1-2H3. The third kappa shape index (κ3) is 2.45. The van der Waals surface area contributed by atoms with Crippen LogP contribution in [0.15, 0.2) is 47.2 Å². The van der Waals surface area contributed by atoms with Gasteiger partial charge in [0, 0.05) is 18.0 Å². The molecule has 0 atom stereocenters. The molecule has 0 aliphatic carbocycles. The Morgan fingerprint density at radius 2 is 1.86 bits per heavy atom. The number of ether oxygens (including phenoxy) is 1. The lowest BCUT2D eigenvalue weighted by Gasteiger charge is -2.05. The van der Waals surface area contributed by atoms with Crippen molar-refractivity contribution in [1.29, 1.82) is 0 Å². The number of hydrogen-bond donors (Lipinski definition) is 1. The average Bonchev–Trinajstić information content (AvgIpc) is 2.89. The largest absolute Gasteiger partial charge is 0.497 e. The predicted molar refractivity (Wildman–Crippen MR) is 80.9 cm³/mol. The van der Waals surface area contributed by atoms with Crippen LogP contribution in [-0.4, -0.2) is 17.3 Å². The highest BCUT2D eigenvalue weighted by molar-refractivity contribution is 5.86. The molecule has 0 aliphatic rings. The Morgan fingerprint density at radius 3 is 2.52 bits per heavy atom. The Morgan fingerprint density at radius 1 is 1.10 bits per heavy atom. The Kier molecular flexibility index (Phi) is 3.31. The first-order valence-corrected chi connectivity index (χ1v) is 6.50. The summed E-state index contributed by atoms with van der Waals surface area (Å²) >= 11 is 0. The van der Waals surface area contributed by atoms with Crippen LogP contribution in [0.1, 0.15) is 5.56 Å². The topological polar surface area (TPSA) is 74.2 Å². The van der Waals surface area contributed by atoms with Gasteiger partial charge in [-0.1, -0.05) is 17.3 Å². The summed E-state index contributed by atoms with van der Waals surface area (Å²) in [5, 5.41) is 4.07. The van der Waals surface area contributed by atoms with Gasteiger partial charge in [0.25, 0.3) is 0 Å². The number of anilines is 1. The number of nitrogens with two attached hydrogens (primary N) is 1. The summed E-state index contributed by atoms with van der Waals surface area (Å²) in [5.41, 5.74) is 10.2. The summed E-state index contributed by atoms with van der Waals surface area (Å²) in [6, 6.07) is 9.60. The van der Waals surface area contributed by atoms with Gasteiger partial charge < -0.3 is 15.0 Å². The zero-order chi connectivity index (χ0) is 14.8. The highest BCUT2D eigenvalue weighted by Gasteiger charge is 2.17. The van der Waals surface area contributed by atoms with Gasteiger partial charge >= 0.3 is 0 Å².